The van der Waals surface area contributed by atoms with Gasteiger partial charge in [0.1, 0.15) is 5.75 Å². The smallest absolute Gasteiger partial charge is 0.207 e. The molecule has 1 aliphatic heterocycles. The number of aliphatic hydroxyl groups is 1. The second kappa shape index (κ2) is 11.5. The lowest BCUT2D eigenvalue weighted by molar-refractivity contribution is -0.485. The number of rotatable bonds is 10. The van der Waals surface area contributed by atoms with Crippen LogP contribution in [0.5, 0.6) is 5.75 Å². The van der Waals surface area contributed by atoms with Crippen molar-refractivity contribution in [2.24, 2.45) is 23.7 Å². The zero-order valence-corrected chi connectivity index (χ0v) is 22.7. The molecule has 1 N–H and O–H groups in total. The summed E-state index contributed by atoms with van der Waals surface area (Å²) >= 11 is 0. The SMILES string of the molecule is COC1(OOC2CCC(c3ccc(OCCCN4CCC(O)CC4)cc3)CC2)C2CC3CC(C2)CC1C3. The first-order valence-electron chi connectivity index (χ1n) is 15.1. The van der Waals surface area contributed by atoms with Gasteiger partial charge in [0, 0.05) is 38.6 Å². The number of hydrogen-bond donors (Lipinski definition) is 1. The van der Waals surface area contributed by atoms with E-state index < -0.39 is 5.79 Å². The summed E-state index contributed by atoms with van der Waals surface area (Å²) in [6.45, 7) is 3.80. The Morgan fingerprint density at radius 1 is 0.865 bits per heavy atom. The Labute approximate surface area is 222 Å². The van der Waals surface area contributed by atoms with E-state index in [-0.39, 0.29) is 12.2 Å². The molecule has 0 spiro atoms. The Hall–Kier alpha value is -1.18. The summed E-state index contributed by atoms with van der Waals surface area (Å²) in [5.74, 6) is 3.82. The summed E-state index contributed by atoms with van der Waals surface area (Å²) in [5, 5.41) is 9.64. The van der Waals surface area contributed by atoms with Gasteiger partial charge in [-0.15, -0.1) is 0 Å². The maximum Gasteiger partial charge on any atom is 0.207 e. The molecule has 37 heavy (non-hydrogen) atoms. The highest BCUT2D eigenvalue weighted by molar-refractivity contribution is 5.29. The van der Waals surface area contributed by atoms with Crippen LogP contribution in [0.3, 0.4) is 0 Å². The molecule has 5 aliphatic carbocycles. The summed E-state index contributed by atoms with van der Waals surface area (Å²) in [7, 11) is 1.83. The normalized spacial score (nSPS) is 38.2. The fourth-order valence-electron chi connectivity index (χ4n) is 8.44. The van der Waals surface area contributed by atoms with Crippen molar-refractivity contribution in [3.05, 3.63) is 29.8 Å². The van der Waals surface area contributed by atoms with Crippen LogP contribution in [0.4, 0.5) is 0 Å². The first-order chi connectivity index (χ1) is 18.1. The molecule has 6 heteroatoms. The van der Waals surface area contributed by atoms with Gasteiger partial charge in [0.2, 0.25) is 5.79 Å². The Kier molecular flexibility index (Phi) is 8.11. The number of benzene rings is 1. The number of hydrogen-bond acceptors (Lipinski definition) is 6. The third-order valence-corrected chi connectivity index (χ3v) is 10.4. The average molecular weight is 514 g/mol. The first-order valence-corrected chi connectivity index (χ1v) is 15.1. The molecule has 1 aromatic rings. The molecule has 0 amide bonds. The number of likely N-dealkylation sites (tertiary alicyclic amines) is 1. The zero-order chi connectivity index (χ0) is 25.2. The Morgan fingerprint density at radius 2 is 1.51 bits per heavy atom. The minimum Gasteiger partial charge on any atom is -0.494 e. The molecule has 0 unspecified atom stereocenters. The topological polar surface area (TPSA) is 60.4 Å². The standard InChI is InChI=1S/C31H47NO5/c1-34-31(26-18-22-17-23(20-26)21-27(31)19-22)37-36-30-9-5-25(6-10-30)24-3-7-29(8-4-24)35-16-2-13-32-14-11-28(33)12-15-32/h3-4,7-8,22-23,25-28,30,33H,2,5-6,9-21H2,1H3. The lowest BCUT2D eigenvalue weighted by atomic mass is 9.53. The summed E-state index contributed by atoms with van der Waals surface area (Å²) in [4.78, 5) is 14.9. The summed E-state index contributed by atoms with van der Waals surface area (Å²) in [6.07, 6.45) is 13.7. The van der Waals surface area contributed by atoms with Gasteiger partial charge in [0.25, 0.3) is 0 Å². The van der Waals surface area contributed by atoms with Crippen LogP contribution in [0, 0.1) is 23.7 Å². The van der Waals surface area contributed by atoms with Gasteiger partial charge < -0.3 is 19.5 Å². The monoisotopic (exact) mass is 513 g/mol. The molecule has 0 radical (unpaired) electrons. The van der Waals surface area contributed by atoms with E-state index in [1.165, 1.54) is 37.7 Å². The van der Waals surface area contributed by atoms with Gasteiger partial charge >= 0.3 is 0 Å². The summed E-state index contributed by atoms with van der Waals surface area (Å²) < 4.78 is 12.1. The zero-order valence-electron chi connectivity index (χ0n) is 22.7. The van der Waals surface area contributed by atoms with Crippen molar-refractivity contribution in [1.29, 1.82) is 0 Å². The molecule has 1 heterocycles. The van der Waals surface area contributed by atoms with E-state index in [0.29, 0.717) is 17.8 Å². The molecule has 206 valence electrons. The van der Waals surface area contributed by atoms with E-state index >= 15 is 0 Å². The largest absolute Gasteiger partial charge is 0.494 e. The van der Waals surface area contributed by atoms with Crippen molar-refractivity contribution in [3.8, 4) is 5.75 Å². The number of ether oxygens (including phenoxy) is 2. The third kappa shape index (κ3) is 5.74. The van der Waals surface area contributed by atoms with Gasteiger partial charge in [-0.1, -0.05) is 12.1 Å². The minimum atomic E-state index is -0.504. The molecule has 7 rings (SSSR count). The third-order valence-electron chi connectivity index (χ3n) is 10.4. The molecule has 0 atom stereocenters. The van der Waals surface area contributed by atoms with E-state index in [1.807, 2.05) is 7.11 Å². The predicted octanol–water partition coefficient (Wildman–Crippen LogP) is 5.69. The van der Waals surface area contributed by atoms with E-state index in [9.17, 15) is 5.11 Å². The average Bonchev–Trinajstić information content (AvgIpc) is 2.92. The lowest BCUT2D eigenvalue weighted by Crippen LogP contribution is -2.60. The maximum atomic E-state index is 9.64. The Morgan fingerprint density at radius 3 is 2.14 bits per heavy atom. The highest BCUT2D eigenvalue weighted by Crippen LogP contribution is 2.60. The van der Waals surface area contributed by atoms with Crippen molar-refractivity contribution >= 4 is 0 Å². The van der Waals surface area contributed by atoms with E-state index in [0.717, 1.165) is 88.8 Å². The van der Waals surface area contributed by atoms with Crippen molar-refractivity contribution in [3.63, 3.8) is 0 Å². The molecule has 1 aromatic carbocycles. The van der Waals surface area contributed by atoms with Gasteiger partial charge in [0.05, 0.1) is 18.8 Å². The quantitative estimate of drug-likeness (QED) is 0.188. The second-order valence-corrected chi connectivity index (χ2v) is 12.7. The molecule has 6 fully saturated rings. The van der Waals surface area contributed by atoms with Gasteiger partial charge in [-0.2, -0.15) is 0 Å². The Balaban J connectivity index is 0.917. The van der Waals surface area contributed by atoms with Crippen LogP contribution < -0.4 is 4.74 Å². The van der Waals surface area contributed by atoms with Crippen molar-refractivity contribution in [2.45, 2.75) is 101 Å². The van der Waals surface area contributed by atoms with Crippen LogP contribution in [0.1, 0.15) is 88.5 Å². The number of methoxy groups -OCH3 is 1. The van der Waals surface area contributed by atoms with Crippen molar-refractivity contribution in [2.75, 3.05) is 33.4 Å². The summed E-state index contributed by atoms with van der Waals surface area (Å²) in [6, 6.07) is 8.76. The number of aliphatic hydroxyl groups excluding tert-OH is 1. The van der Waals surface area contributed by atoms with Gasteiger partial charge in [0.15, 0.2) is 0 Å². The molecule has 5 saturated carbocycles. The highest BCUT2D eigenvalue weighted by atomic mass is 17.2. The van der Waals surface area contributed by atoms with Crippen LogP contribution >= 0.6 is 0 Å². The van der Waals surface area contributed by atoms with Crippen LogP contribution in [-0.4, -0.2) is 61.4 Å². The number of nitrogens with zero attached hydrogens (tertiary/aromatic N) is 1. The van der Waals surface area contributed by atoms with Gasteiger partial charge in [-0.05, 0) is 112 Å². The molecule has 1 saturated heterocycles. The molecule has 0 aromatic heterocycles. The van der Waals surface area contributed by atoms with Crippen molar-refractivity contribution < 1.29 is 24.4 Å². The molecular formula is C31H47NO5. The maximum absolute atomic E-state index is 9.64. The van der Waals surface area contributed by atoms with Crippen molar-refractivity contribution in [1.82, 2.24) is 4.90 Å². The van der Waals surface area contributed by atoms with E-state index in [2.05, 4.69) is 29.2 Å². The molecular weight excluding hydrogens is 466 g/mol. The number of piperidine rings is 1. The predicted molar refractivity (Wildman–Crippen MR) is 142 cm³/mol. The fraction of sp³-hybridized carbons (Fsp3) is 0.806. The Bertz CT molecular complexity index is 831. The second-order valence-electron chi connectivity index (χ2n) is 12.7. The summed E-state index contributed by atoms with van der Waals surface area (Å²) in [5.41, 5.74) is 1.41. The first kappa shape index (κ1) is 26.1. The van der Waals surface area contributed by atoms with E-state index in [4.69, 9.17) is 19.2 Å². The highest BCUT2D eigenvalue weighted by Gasteiger charge is 2.60. The van der Waals surface area contributed by atoms with Gasteiger partial charge in [-0.3, -0.25) is 0 Å². The molecule has 6 aliphatic rings. The van der Waals surface area contributed by atoms with Crippen LogP contribution in [0.15, 0.2) is 24.3 Å². The van der Waals surface area contributed by atoms with Crippen LogP contribution in [0.25, 0.3) is 0 Å². The lowest BCUT2D eigenvalue weighted by Gasteiger charge is -2.58. The minimum absolute atomic E-state index is 0.101. The van der Waals surface area contributed by atoms with E-state index in [1.54, 1.807) is 0 Å². The fourth-order valence-corrected chi connectivity index (χ4v) is 8.44. The molecule has 6 nitrogen and oxygen atoms in total. The molecule has 4 bridgehead atoms. The van der Waals surface area contributed by atoms with Crippen LogP contribution in [-0.2, 0) is 14.5 Å². The van der Waals surface area contributed by atoms with Crippen LogP contribution in [0.2, 0.25) is 0 Å². The van der Waals surface area contributed by atoms with Gasteiger partial charge in [-0.25, -0.2) is 9.78 Å².